The van der Waals surface area contributed by atoms with E-state index in [-0.39, 0.29) is 12.5 Å². The topological polar surface area (TPSA) is 47.6 Å². The number of carbonyl (C=O) groups excluding carboxylic acids is 1. The van der Waals surface area contributed by atoms with Crippen molar-refractivity contribution in [2.24, 2.45) is 0 Å². The van der Waals surface area contributed by atoms with Crippen LogP contribution in [0.5, 0.6) is 11.5 Å². The van der Waals surface area contributed by atoms with Crippen LogP contribution in [0.15, 0.2) is 42.5 Å². The van der Waals surface area contributed by atoms with Gasteiger partial charge in [0.25, 0.3) is 5.91 Å². The molecule has 0 bridgehead atoms. The van der Waals surface area contributed by atoms with Gasteiger partial charge in [-0.3, -0.25) is 4.79 Å². The quantitative estimate of drug-likeness (QED) is 0.693. The molecule has 0 aliphatic rings. The molecule has 0 radical (unpaired) electrons. The number of nitrogens with one attached hydrogen (secondary N) is 1. The minimum Gasteiger partial charge on any atom is -0.497 e. The van der Waals surface area contributed by atoms with Crippen molar-refractivity contribution in [1.29, 1.82) is 0 Å². The number of hydrogen-bond acceptors (Lipinski definition) is 3. The average molecular weight is 425 g/mol. The Bertz CT molecular complexity index is 656. The number of aryl methyl sites for hydroxylation is 1. The summed E-state index contributed by atoms with van der Waals surface area (Å²) in [6.07, 6.45) is 0.776. The molecule has 0 aliphatic heterocycles. The fourth-order valence-corrected chi connectivity index (χ4v) is 2.55. The molecule has 4 nitrogen and oxygen atoms in total. The lowest BCUT2D eigenvalue weighted by atomic mass is 10.1. The Morgan fingerprint density at radius 3 is 2.61 bits per heavy atom. The Labute approximate surface area is 150 Å². The molecule has 0 aliphatic carbocycles. The van der Waals surface area contributed by atoms with Crippen molar-refractivity contribution < 1.29 is 14.3 Å². The van der Waals surface area contributed by atoms with E-state index in [4.69, 9.17) is 9.47 Å². The maximum atomic E-state index is 11.8. The first-order chi connectivity index (χ1) is 11.1. The van der Waals surface area contributed by atoms with Gasteiger partial charge in [-0.15, -0.1) is 0 Å². The highest BCUT2D eigenvalue weighted by Crippen LogP contribution is 2.21. The zero-order valence-corrected chi connectivity index (χ0v) is 15.4. The van der Waals surface area contributed by atoms with E-state index in [1.807, 2.05) is 49.4 Å². The van der Waals surface area contributed by atoms with E-state index in [1.165, 1.54) is 0 Å². The molecule has 1 amide bonds. The summed E-state index contributed by atoms with van der Waals surface area (Å²) in [6, 6.07) is 13.8. The lowest BCUT2D eigenvalue weighted by Crippen LogP contribution is -2.30. The normalized spacial score (nSPS) is 10.2. The van der Waals surface area contributed by atoms with Gasteiger partial charge in [0.1, 0.15) is 11.5 Å². The first-order valence-corrected chi connectivity index (χ1v) is 8.45. The van der Waals surface area contributed by atoms with Crippen LogP contribution in [0.25, 0.3) is 0 Å². The van der Waals surface area contributed by atoms with Gasteiger partial charge in [0.05, 0.1) is 10.7 Å². The summed E-state index contributed by atoms with van der Waals surface area (Å²) < 4.78 is 11.7. The summed E-state index contributed by atoms with van der Waals surface area (Å²) in [5, 5.41) is 2.87. The van der Waals surface area contributed by atoms with Crippen LogP contribution in [0, 0.1) is 10.5 Å². The SMILES string of the molecule is COc1ccc(CCNC(=O)COc2cc(C)ccc2I)cc1. The molecular weight excluding hydrogens is 405 g/mol. The van der Waals surface area contributed by atoms with Crippen molar-refractivity contribution in [2.75, 3.05) is 20.3 Å². The Morgan fingerprint density at radius 1 is 1.17 bits per heavy atom. The molecule has 0 saturated carbocycles. The second-order valence-electron chi connectivity index (χ2n) is 5.17. The number of carbonyl (C=O) groups is 1. The minimum absolute atomic E-state index is 0.0298. The average Bonchev–Trinajstić information content (AvgIpc) is 2.56. The number of benzene rings is 2. The van der Waals surface area contributed by atoms with Gasteiger partial charge in [-0.1, -0.05) is 18.2 Å². The van der Waals surface area contributed by atoms with Crippen molar-refractivity contribution in [2.45, 2.75) is 13.3 Å². The van der Waals surface area contributed by atoms with E-state index < -0.39 is 0 Å². The first-order valence-electron chi connectivity index (χ1n) is 7.37. The molecule has 0 atom stereocenters. The van der Waals surface area contributed by atoms with E-state index in [9.17, 15) is 4.79 Å². The van der Waals surface area contributed by atoms with Crippen LogP contribution in [0.4, 0.5) is 0 Å². The second-order valence-corrected chi connectivity index (χ2v) is 6.33. The molecule has 0 unspecified atom stereocenters. The molecule has 1 N–H and O–H groups in total. The van der Waals surface area contributed by atoms with E-state index in [2.05, 4.69) is 27.9 Å². The van der Waals surface area contributed by atoms with Crippen LogP contribution in [0.3, 0.4) is 0 Å². The largest absolute Gasteiger partial charge is 0.497 e. The predicted molar refractivity (Wildman–Crippen MR) is 99.1 cm³/mol. The Hall–Kier alpha value is -1.76. The van der Waals surface area contributed by atoms with Crippen LogP contribution in [-0.2, 0) is 11.2 Å². The molecule has 0 fully saturated rings. The molecule has 2 aromatic rings. The van der Waals surface area contributed by atoms with Gasteiger partial charge in [-0.05, 0) is 71.3 Å². The first kappa shape index (κ1) is 17.6. The van der Waals surface area contributed by atoms with E-state index in [0.29, 0.717) is 6.54 Å². The summed E-state index contributed by atoms with van der Waals surface area (Å²) in [5.41, 5.74) is 2.26. The highest BCUT2D eigenvalue weighted by Gasteiger charge is 2.06. The molecule has 2 aromatic carbocycles. The number of rotatable bonds is 7. The highest BCUT2D eigenvalue weighted by molar-refractivity contribution is 14.1. The minimum atomic E-state index is -0.115. The third kappa shape index (κ3) is 5.74. The van der Waals surface area contributed by atoms with Gasteiger partial charge in [0, 0.05) is 6.54 Å². The number of ether oxygens (including phenoxy) is 2. The molecule has 122 valence electrons. The van der Waals surface area contributed by atoms with Crippen molar-refractivity contribution in [1.82, 2.24) is 5.32 Å². The lowest BCUT2D eigenvalue weighted by Gasteiger charge is -2.10. The van der Waals surface area contributed by atoms with Gasteiger partial charge < -0.3 is 14.8 Å². The molecule has 5 heteroatoms. The Morgan fingerprint density at radius 2 is 1.91 bits per heavy atom. The maximum Gasteiger partial charge on any atom is 0.257 e. The van der Waals surface area contributed by atoms with Crippen molar-refractivity contribution in [3.63, 3.8) is 0 Å². The molecule has 0 saturated heterocycles. The fraction of sp³-hybridized carbons (Fsp3) is 0.278. The predicted octanol–water partition coefficient (Wildman–Crippen LogP) is 3.35. The smallest absolute Gasteiger partial charge is 0.257 e. The van der Waals surface area contributed by atoms with Crippen molar-refractivity contribution >= 4 is 28.5 Å². The van der Waals surface area contributed by atoms with E-state index in [1.54, 1.807) is 7.11 Å². The number of hydrogen-bond donors (Lipinski definition) is 1. The number of halogens is 1. The van der Waals surface area contributed by atoms with Crippen LogP contribution < -0.4 is 14.8 Å². The Kier molecular flexibility index (Phi) is 6.70. The zero-order valence-electron chi connectivity index (χ0n) is 13.3. The molecule has 2 rings (SSSR count). The standard InChI is InChI=1S/C18H20INO3/c1-13-3-8-16(19)17(11-13)23-12-18(21)20-10-9-14-4-6-15(22-2)7-5-14/h3-8,11H,9-10,12H2,1-2H3,(H,20,21). The van der Waals surface area contributed by atoms with E-state index in [0.717, 1.165) is 32.6 Å². The van der Waals surface area contributed by atoms with Crippen molar-refractivity contribution in [3.8, 4) is 11.5 Å². The molecule has 0 spiro atoms. The summed E-state index contributed by atoms with van der Waals surface area (Å²) in [6.45, 7) is 2.61. The monoisotopic (exact) mass is 425 g/mol. The van der Waals surface area contributed by atoms with Gasteiger partial charge in [0.2, 0.25) is 0 Å². The van der Waals surface area contributed by atoms with Gasteiger partial charge >= 0.3 is 0 Å². The van der Waals surface area contributed by atoms with Gasteiger partial charge in [-0.2, -0.15) is 0 Å². The summed E-state index contributed by atoms with van der Waals surface area (Å²) in [5.74, 6) is 1.46. The maximum absolute atomic E-state index is 11.8. The molecule has 0 heterocycles. The van der Waals surface area contributed by atoms with Gasteiger partial charge in [-0.25, -0.2) is 0 Å². The van der Waals surface area contributed by atoms with Crippen LogP contribution >= 0.6 is 22.6 Å². The van der Waals surface area contributed by atoms with Crippen LogP contribution in [-0.4, -0.2) is 26.2 Å². The molecule has 0 aromatic heterocycles. The summed E-state index contributed by atoms with van der Waals surface area (Å²) in [4.78, 5) is 11.8. The number of amides is 1. The van der Waals surface area contributed by atoms with Crippen LogP contribution in [0.2, 0.25) is 0 Å². The fourth-order valence-electron chi connectivity index (χ4n) is 2.05. The van der Waals surface area contributed by atoms with Crippen molar-refractivity contribution in [3.05, 3.63) is 57.2 Å². The van der Waals surface area contributed by atoms with E-state index >= 15 is 0 Å². The third-order valence-electron chi connectivity index (χ3n) is 3.34. The van der Waals surface area contributed by atoms with Gasteiger partial charge in [0.15, 0.2) is 6.61 Å². The van der Waals surface area contributed by atoms with Crippen LogP contribution in [0.1, 0.15) is 11.1 Å². The lowest BCUT2D eigenvalue weighted by molar-refractivity contribution is -0.123. The summed E-state index contributed by atoms with van der Waals surface area (Å²) in [7, 11) is 1.64. The molecule has 23 heavy (non-hydrogen) atoms. The summed E-state index contributed by atoms with van der Waals surface area (Å²) >= 11 is 2.20. The third-order valence-corrected chi connectivity index (χ3v) is 4.23. The second kappa shape index (κ2) is 8.76. The molecular formula is C18H20INO3. The zero-order chi connectivity index (χ0) is 16.7. The number of methoxy groups -OCH3 is 1. The Balaban J connectivity index is 1.73. The highest BCUT2D eigenvalue weighted by atomic mass is 127.